The molecule has 0 saturated carbocycles. The zero-order chi connectivity index (χ0) is 11.0. The summed E-state index contributed by atoms with van der Waals surface area (Å²) in [5, 5.41) is 8.24. The standard InChI is InChI=1S/C12H10N4/c1-9-6-10(8-13-7-9)16-12-5-3-2-4-11(12)14-15-16/h2-8H,1H3. The number of para-hydroxylation sites is 1. The third kappa shape index (κ3) is 1.35. The predicted octanol–water partition coefficient (Wildman–Crippen LogP) is 2.12. The van der Waals surface area contributed by atoms with E-state index in [9.17, 15) is 0 Å². The monoisotopic (exact) mass is 210 g/mol. The molecule has 0 radical (unpaired) electrons. The minimum Gasteiger partial charge on any atom is -0.262 e. The van der Waals surface area contributed by atoms with Crippen LogP contribution < -0.4 is 0 Å². The summed E-state index contributed by atoms with van der Waals surface area (Å²) in [7, 11) is 0. The van der Waals surface area contributed by atoms with Gasteiger partial charge in [0.25, 0.3) is 0 Å². The van der Waals surface area contributed by atoms with Gasteiger partial charge in [0.2, 0.25) is 0 Å². The maximum atomic E-state index is 4.16. The van der Waals surface area contributed by atoms with Crippen molar-refractivity contribution in [2.24, 2.45) is 0 Å². The first kappa shape index (κ1) is 9.03. The lowest BCUT2D eigenvalue weighted by molar-refractivity contribution is 0.819. The quantitative estimate of drug-likeness (QED) is 0.618. The number of pyridine rings is 1. The molecule has 2 aromatic heterocycles. The molecule has 0 amide bonds. The third-order valence-electron chi connectivity index (χ3n) is 2.46. The topological polar surface area (TPSA) is 43.6 Å². The Kier molecular flexibility index (Phi) is 1.93. The number of fused-ring (bicyclic) bond motifs is 1. The van der Waals surface area contributed by atoms with E-state index >= 15 is 0 Å². The molecule has 0 unspecified atom stereocenters. The fraction of sp³-hybridized carbons (Fsp3) is 0.0833. The van der Waals surface area contributed by atoms with Crippen LogP contribution in [0.15, 0.2) is 42.7 Å². The summed E-state index contributed by atoms with van der Waals surface area (Å²) in [6, 6.07) is 9.91. The number of rotatable bonds is 1. The zero-order valence-electron chi connectivity index (χ0n) is 8.83. The molecule has 3 rings (SSSR count). The molecule has 78 valence electrons. The van der Waals surface area contributed by atoms with Gasteiger partial charge in [-0.25, -0.2) is 4.68 Å². The summed E-state index contributed by atoms with van der Waals surface area (Å²) in [5.41, 5.74) is 3.93. The highest BCUT2D eigenvalue weighted by molar-refractivity contribution is 5.75. The first-order valence-electron chi connectivity index (χ1n) is 5.07. The fourth-order valence-electron chi connectivity index (χ4n) is 1.71. The van der Waals surface area contributed by atoms with Crippen molar-refractivity contribution in [1.82, 2.24) is 20.0 Å². The Bertz CT molecular complexity index is 642. The zero-order valence-corrected chi connectivity index (χ0v) is 8.83. The molecule has 0 aliphatic carbocycles. The molecule has 1 aromatic carbocycles. The Balaban J connectivity index is 2.26. The smallest absolute Gasteiger partial charge is 0.113 e. The van der Waals surface area contributed by atoms with Crippen LogP contribution in [0.3, 0.4) is 0 Å². The van der Waals surface area contributed by atoms with Crippen LogP contribution in [0.4, 0.5) is 0 Å². The molecule has 0 fully saturated rings. The molecule has 0 aliphatic rings. The second kappa shape index (κ2) is 3.41. The summed E-state index contributed by atoms with van der Waals surface area (Å²) in [6.45, 7) is 2.01. The number of hydrogen-bond donors (Lipinski definition) is 0. The average molecular weight is 210 g/mol. The van der Waals surface area contributed by atoms with E-state index < -0.39 is 0 Å². The predicted molar refractivity (Wildman–Crippen MR) is 61.4 cm³/mol. The van der Waals surface area contributed by atoms with E-state index in [2.05, 4.69) is 15.3 Å². The van der Waals surface area contributed by atoms with Crippen molar-refractivity contribution in [2.75, 3.05) is 0 Å². The first-order chi connectivity index (χ1) is 7.84. The number of hydrogen-bond acceptors (Lipinski definition) is 3. The van der Waals surface area contributed by atoms with Crippen LogP contribution in [-0.4, -0.2) is 20.0 Å². The Morgan fingerprint density at radius 2 is 2.00 bits per heavy atom. The minimum atomic E-state index is 0.893. The highest BCUT2D eigenvalue weighted by Crippen LogP contribution is 2.15. The van der Waals surface area contributed by atoms with E-state index in [1.165, 1.54) is 0 Å². The molecule has 0 aliphatic heterocycles. The molecular weight excluding hydrogens is 200 g/mol. The summed E-state index contributed by atoms with van der Waals surface area (Å²) in [4.78, 5) is 4.16. The number of nitrogens with zero attached hydrogens (tertiary/aromatic N) is 4. The van der Waals surface area contributed by atoms with Crippen molar-refractivity contribution >= 4 is 11.0 Å². The lowest BCUT2D eigenvalue weighted by atomic mass is 10.3. The van der Waals surface area contributed by atoms with Gasteiger partial charge < -0.3 is 0 Å². The number of benzene rings is 1. The molecule has 3 aromatic rings. The van der Waals surface area contributed by atoms with Gasteiger partial charge in [0.15, 0.2) is 0 Å². The summed E-state index contributed by atoms with van der Waals surface area (Å²) < 4.78 is 1.80. The van der Waals surface area contributed by atoms with Gasteiger partial charge in [-0.1, -0.05) is 17.3 Å². The molecule has 0 saturated heterocycles. The Morgan fingerprint density at radius 1 is 1.12 bits per heavy atom. The van der Waals surface area contributed by atoms with E-state index in [0.29, 0.717) is 0 Å². The summed E-state index contributed by atoms with van der Waals surface area (Å²) >= 11 is 0. The minimum absolute atomic E-state index is 0.893. The van der Waals surface area contributed by atoms with Gasteiger partial charge in [-0.3, -0.25) is 4.98 Å². The van der Waals surface area contributed by atoms with Crippen LogP contribution in [-0.2, 0) is 0 Å². The average Bonchev–Trinajstić information content (AvgIpc) is 2.72. The summed E-state index contributed by atoms with van der Waals surface area (Å²) in [6.07, 6.45) is 3.61. The van der Waals surface area contributed by atoms with Crippen molar-refractivity contribution in [2.45, 2.75) is 6.92 Å². The van der Waals surface area contributed by atoms with Crippen LogP contribution in [0.25, 0.3) is 16.7 Å². The molecule has 0 N–H and O–H groups in total. The fourth-order valence-corrected chi connectivity index (χ4v) is 1.71. The van der Waals surface area contributed by atoms with Crippen molar-refractivity contribution < 1.29 is 0 Å². The first-order valence-corrected chi connectivity index (χ1v) is 5.07. The molecule has 0 atom stereocenters. The second-order valence-corrected chi connectivity index (χ2v) is 3.71. The Labute approximate surface area is 92.6 Å². The van der Waals surface area contributed by atoms with Crippen molar-refractivity contribution in [1.29, 1.82) is 0 Å². The van der Waals surface area contributed by atoms with Crippen LogP contribution in [0, 0.1) is 6.92 Å². The van der Waals surface area contributed by atoms with Gasteiger partial charge >= 0.3 is 0 Å². The van der Waals surface area contributed by atoms with Crippen LogP contribution in [0.5, 0.6) is 0 Å². The lowest BCUT2D eigenvalue weighted by Gasteiger charge is -2.01. The molecule has 4 nitrogen and oxygen atoms in total. The molecule has 0 bridgehead atoms. The SMILES string of the molecule is Cc1cncc(-n2nnc3ccccc32)c1. The van der Waals surface area contributed by atoms with Gasteiger partial charge in [-0.05, 0) is 30.7 Å². The van der Waals surface area contributed by atoms with E-state index in [-0.39, 0.29) is 0 Å². The van der Waals surface area contributed by atoms with Gasteiger partial charge in [-0.2, -0.15) is 0 Å². The molecule has 4 heteroatoms. The normalized spacial score (nSPS) is 10.8. The highest BCUT2D eigenvalue weighted by Gasteiger charge is 2.05. The van der Waals surface area contributed by atoms with Gasteiger partial charge in [0.05, 0.1) is 17.4 Å². The van der Waals surface area contributed by atoms with Crippen molar-refractivity contribution in [3.63, 3.8) is 0 Å². The van der Waals surface area contributed by atoms with Gasteiger partial charge in [0, 0.05) is 6.20 Å². The van der Waals surface area contributed by atoms with E-state index in [1.807, 2.05) is 43.5 Å². The molecular formula is C12H10N4. The second-order valence-electron chi connectivity index (χ2n) is 3.71. The lowest BCUT2D eigenvalue weighted by Crippen LogP contribution is -1.97. The van der Waals surface area contributed by atoms with Crippen molar-refractivity contribution in [3.8, 4) is 5.69 Å². The Morgan fingerprint density at radius 3 is 2.88 bits per heavy atom. The summed E-state index contributed by atoms with van der Waals surface area (Å²) in [5.74, 6) is 0. The van der Waals surface area contributed by atoms with E-state index in [0.717, 1.165) is 22.3 Å². The molecule has 0 spiro atoms. The van der Waals surface area contributed by atoms with Gasteiger partial charge in [-0.15, -0.1) is 5.10 Å². The maximum absolute atomic E-state index is 4.16. The van der Waals surface area contributed by atoms with Gasteiger partial charge in [0.1, 0.15) is 5.52 Å². The van der Waals surface area contributed by atoms with E-state index in [4.69, 9.17) is 0 Å². The molecule has 2 heterocycles. The number of aromatic nitrogens is 4. The van der Waals surface area contributed by atoms with Crippen molar-refractivity contribution in [3.05, 3.63) is 48.3 Å². The van der Waals surface area contributed by atoms with Crippen LogP contribution >= 0.6 is 0 Å². The Hall–Kier alpha value is -2.23. The van der Waals surface area contributed by atoms with Crippen LogP contribution in [0.1, 0.15) is 5.56 Å². The number of aryl methyl sites for hydroxylation is 1. The third-order valence-corrected chi connectivity index (χ3v) is 2.46. The maximum Gasteiger partial charge on any atom is 0.113 e. The highest BCUT2D eigenvalue weighted by atomic mass is 15.4. The largest absolute Gasteiger partial charge is 0.262 e. The van der Waals surface area contributed by atoms with Crippen LogP contribution in [0.2, 0.25) is 0 Å². The molecule has 16 heavy (non-hydrogen) atoms. The van der Waals surface area contributed by atoms with E-state index in [1.54, 1.807) is 10.9 Å².